The van der Waals surface area contributed by atoms with Gasteiger partial charge in [0.2, 0.25) is 10.0 Å². The van der Waals surface area contributed by atoms with Crippen LogP contribution in [-0.2, 0) is 14.8 Å². The van der Waals surface area contributed by atoms with Gasteiger partial charge in [0.1, 0.15) is 0 Å². The Balaban J connectivity index is 2.88. The van der Waals surface area contributed by atoms with Crippen molar-refractivity contribution in [3.63, 3.8) is 0 Å². The molecular weight excluding hydrogens is 242 g/mol. The summed E-state index contributed by atoms with van der Waals surface area (Å²) in [4.78, 5) is 10.4. The van der Waals surface area contributed by atoms with Crippen molar-refractivity contribution >= 4 is 21.7 Å². The third-order valence-corrected chi connectivity index (χ3v) is 4.12. The number of rotatable bonds is 5. The molecule has 1 rings (SSSR count). The summed E-state index contributed by atoms with van der Waals surface area (Å²) >= 11 is 0. The lowest BCUT2D eigenvalue weighted by Gasteiger charge is -2.19. The standard InChI is InChI=1S/C11H15NO4S/c1-9-4-3-5-10(8-9)12(2)17(15,16)7-6-11(13)14/h3-5,8H,6-7H2,1-2H3,(H,13,14). The first-order chi connectivity index (χ1) is 7.83. The summed E-state index contributed by atoms with van der Waals surface area (Å²) < 4.78 is 24.7. The first kappa shape index (κ1) is 13.5. The number of aryl methyl sites for hydroxylation is 1. The molecule has 5 nitrogen and oxygen atoms in total. The molecule has 0 bridgehead atoms. The van der Waals surface area contributed by atoms with E-state index in [-0.39, 0.29) is 0 Å². The Labute approximate surface area is 101 Å². The van der Waals surface area contributed by atoms with Crippen LogP contribution in [0.5, 0.6) is 0 Å². The molecule has 1 aromatic rings. The van der Waals surface area contributed by atoms with Gasteiger partial charge in [-0.15, -0.1) is 0 Å². The molecule has 0 atom stereocenters. The van der Waals surface area contributed by atoms with Gasteiger partial charge in [0.15, 0.2) is 0 Å². The molecule has 0 fully saturated rings. The van der Waals surface area contributed by atoms with Gasteiger partial charge in [-0.1, -0.05) is 12.1 Å². The lowest BCUT2D eigenvalue weighted by molar-refractivity contribution is -0.136. The molecule has 0 aromatic heterocycles. The molecule has 0 unspecified atom stereocenters. The molecule has 1 N–H and O–H groups in total. The predicted octanol–water partition coefficient (Wildman–Crippen LogP) is 1.24. The van der Waals surface area contributed by atoms with Gasteiger partial charge in [-0.25, -0.2) is 8.42 Å². The number of hydrogen-bond acceptors (Lipinski definition) is 3. The number of hydrogen-bond donors (Lipinski definition) is 1. The molecule has 0 amide bonds. The smallest absolute Gasteiger partial charge is 0.304 e. The maximum atomic E-state index is 11.8. The van der Waals surface area contributed by atoms with Crippen LogP contribution >= 0.6 is 0 Å². The Morgan fingerprint density at radius 3 is 2.59 bits per heavy atom. The molecule has 0 saturated carbocycles. The molecule has 17 heavy (non-hydrogen) atoms. The van der Waals surface area contributed by atoms with E-state index >= 15 is 0 Å². The summed E-state index contributed by atoms with van der Waals surface area (Å²) in [5, 5.41) is 8.49. The molecule has 0 spiro atoms. The van der Waals surface area contributed by atoms with Gasteiger partial charge in [0, 0.05) is 7.05 Å². The molecule has 0 aliphatic rings. The number of nitrogens with zero attached hydrogens (tertiary/aromatic N) is 1. The van der Waals surface area contributed by atoms with E-state index in [9.17, 15) is 13.2 Å². The second-order valence-electron chi connectivity index (χ2n) is 3.77. The summed E-state index contributed by atoms with van der Waals surface area (Å²) in [5.41, 5.74) is 1.48. The number of anilines is 1. The minimum Gasteiger partial charge on any atom is -0.481 e. The third-order valence-electron chi connectivity index (χ3n) is 2.36. The number of carboxylic acid groups (broad SMARTS) is 1. The summed E-state index contributed by atoms with van der Waals surface area (Å²) in [5.74, 6) is -1.52. The molecular formula is C11H15NO4S. The lowest BCUT2D eigenvalue weighted by atomic mass is 10.2. The number of sulfonamides is 1. The zero-order chi connectivity index (χ0) is 13.1. The Bertz CT molecular complexity index is 510. The maximum Gasteiger partial charge on any atom is 0.304 e. The van der Waals surface area contributed by atoms with Crippen molar-refractivity contribution in [3.8, 4) is 0 Å². The summed E-state index contributed by atoms with van der Waals surface area (Å²) in [6.07, 6.45) is -0.390. The van der Waals surface area contributed by atoms with Crippen molar-refractivity contribution in [1.29, 1.82) is 0 Å². The number of benzene rings is 1. The van der Waals surface area contributed by atoms with Crippen LogP contribution in [0.15, 0.2) is 24.3 Å². The molecule has 0 aliphatic carbocycles. The molecule has 0 saturated heterocycles. The maximum absolute atomic E-state index is 11.8. The van der Waals surface area contributed by atoms with Crippen LogP contribution in [0.4, 0.5) is 5.69 Å². The van der Waals surface area contributed by atoms with Crippen LogP contribution in [0.25, 0.3) is 0 Å². The fourth-order valence-corrected chi connectivity index (χ4v) is 2.48. The first-order valence-electron chi connectivity index (χ1n) is 5.08. The highest BCUT2D eigenvalue weighted by atomic mass is 32.2. The van der Waals surface area contributed by atoms with Crippen molar-refractivity contribution < 1.29 is 18.3 Å². The van der Waals surface area contributed by atoms with Gasteiger partial charge >= 0.3 is 5.97 Å². The molecule has 0 heterocycles. The van der Waals surface area contributed by atoms with Crippen molar-refractivity contribution in [3.05, 3.63) is 29.8 Å². The average molecular weight is 257 g/mol. The van der Waals surface area contributed by atoms with Gasteiger partial charge < -0.3 is 5.11 Å². The SMILES string of the molecule is Cc1cccc(N(C)S(=O)(=O)CCC(=O)O)c1. The van der Waals surface area contributed by atoms with Crippen LogP contribution in [0, 0.1) is 6.92 Å². The van der Waals surface area contributed by atoms with Gasteiger partial charge in [0.25, 0.3) is 0 Å². The molecule has 1 aromatic carbocycles. The van der Waals surface area contributed by atoms with Crippen molar-refractivity contribution in [1.82, 2.24) is 0 Å². The summed E-state index contributed by atoms with van der Waals surface area (Å²) in [6, 6.07) is 7.03. The summed E-state index contributed by atoms with van der Waals surface area (Å²) in [6.45, 7) is 1.86. The Morgan fingerprint density at radius 2 is 2.06 bits per heavy atom. The van der Waals surface area contributed by atoms with Crippen molar-refractivity contribution in [2.45, 2.75) is 13.3 Å². The molecule has 6 heteroatoms. The fourth-order valence-electron chi connectivity index (χ4n) is 1.34. The molecule has 0 radical (unpaired) electrons. The van der Waals surface area contributed by atoms with E-state index in [4.69, 9.17) is 5.11 Å². The number of aliphatic carboxylic acids is 1. The Hall–Kier alpha value is -1.56. The quantitative estimate of drug-likeness (QED) is 0.861. The third kappa shape index (κ3) is 3.74. The van der Waals surface area contributed by atoms with E-state index < -0.39 is 28.2 Å². The number of carbonyl (C=O) groups is 1. The van der Waals surface area contributed by atoms with Gasteiger partial charge in [-0.05, 0) is 24.6 Å². The van der Waals surface area contributed by atoms with Crippen LogP contribution in [-0.4, -0.2) is 32.3 Å². The Kier molecular flexibility index (Phi) is 4.11. The highest BCUT2D eigenvalue weighted by molar-refractivity contribution is 7.92. The Morgan fingerprint density at radius 1 is 1.41 bits per heavy atom. The largest absolute Gasteiger partial charge is 0.481 e. The summed E-state index contributed by atoms with van der Waals surface area (Å²) in [7, 11) is -2.15. The van der Waals surface area contributed by atoms with Crippen molar-refractivity contribution in [2.75, 3.05) is 17.1 Å². The van der Waals surface area contributed by atoms with Crippen LogP contribution < -0.4 is 4.31 Å². The van der Waals surface area contributed by atoms with E-state index in [1.807, 2.05) is 13.0 Å². The van der Waals surface area contributed by atoms with E-state index in [0.29, 0.717) is 5.69 Å². The highest BCUT2D eigenvalue weighted by Crippen LogP contribution is 2.18. The zero-order valence-electron chi connectivity index (χ0n) is 9.75. The normalized spacial score (nSPS) is 11.2. The monoisotopic (exact) mass is 257 g/mol. The number of carboxylic acids is 1. The second kappa shape index (κ2) is 5.18. The highest BCUT2D eigenvalue weighted by Gasteiger charge is 2.19. The van der Waals surface area contributed by atoms with Gasteiger partial charge in [-0.3, -0.25) is 9.10 Å². The van der Waals surface area contributed by atoms with E-state index in [1.54, 1.807) is 18.2 Å². The molecule has 94 valence electrons. The molecule has 0 aliphatic heterocycles. The van der Waals surface area contributed by atoms with Crippen LogP contribution in [0.3, 0.4) is 0 Å². The van der Waals surface area contributed by atoms with E-state index in [1.165, 1.54) is 7.05 Å². The fraction of sp³-hybridized carbons (Fsp3) is 0.364. The van der Waals surface area contributed by atoms with Gasteiger partial charge in [0.05, 0.1) is 17.9 Å². The van der Waals surface area contributed by atoms with Crippen molar-refractivity contribution in [2.24, 2.45) is 0 Å². The van der Waals surface area contributed by atoms with Crippen LogP contribution in [0.2, 0.25) is 0 Å². The predicted molar refractivity (Wildman–Crippen MR) is 65.6 cm³/mol. The zero-order valence-corrected chi connectivity index (χ0v) is 10.6. The van der Waals surface area contributed by atoms with Gasteiger partial charge in [-0.2, -0.15) is 0 Å². The van der Waals surface area contributed by atoms with Crippen LogP contribution in [0.1, 0.15) is 12.0 Å². The minimum atomic E-state index is -3.57. The minimum absolute atomic E-state index is 0.390. The van der Waals surface area contributed by atoms with E-state index in [0.717, 1.165) is 9.87 Å². The lowest BCUT2D eigenvalue weighted by Crippen LogP contribution is -2.29. The average Bonchev–Trinajstić information content (AvgIpc) is 2.25. The topological polar surface area (TPSA) is 74.7 Å². The van der Waals surface area contributed by atoms with E-state index in [2.05, 4.69) is 0 Å². The first-order valence-corrected chi connectivity index (χ1v) is 6.69. The second-order valence-corrected chi connectivity index (χ2v) is 5.89.